The molecule has 0 bridgehead atoms. The highest BCUT2D eigenvalue weighted by Crippen LogP contribution is 2.24. The van der Waals surface area contributed by atoms with Crippen molar-refractivity contribution >= 4 is 5.82 Å². The number of hydrogen-bond donors (Lipinski definition) is 2. The number of nitrogens with two attached hydrogens (primary N) is 1. The number of aromatic nitrogens is 1. The van der Waals surface area contributed by atoms with E-state index >= 15 is 0 Å². The van der Waals surface area contributed by atoms with Gasteiger partial charge in [-0.1, -0.05) is 12.8 Å². The average molecular weight is 219 g/mol. The zero-order chi connectivity index (χ0) is 11.5. The highest BCUT2D eigenvalue weighted by molar-refractivity contribution is 5.50. The van der Waals surface area contributed by atoms with Gasteiger partial charge in [-0.3, -0.25) is 0 Å². The predicted octanol–water partition coefficient (Wildman–Crippen LogP) is 2.51. The van der Waals surface area contributed by atoms with E-state index in [-0.39, 0.29) is 0 Å². The average Bonchev–Trinajstić information content (AvgIpc) is 2.70. The van der Waals surface area contributed by atoms with Gasteiger partial charge in [-0.25, -0.2) is 4.98 Å². The highest BCUT2D eigenvalue weighted by atomic mass is 15.0. The third-order valence-electron chi connectivity index (χ3n) is 3.38. The van der Waals surface area contributed by atoms with Crippen LogP contribution in [0, 0.1) is 13.8 Å². The number of anilines is 1. The Bertz CT molecular complexity index is 368. The molecule has 0 amide bonds. The Hall–Kier alpha value is -1.09. The molecule has 3 nitrogen and oxygen atoms in total. The fraction of sp³-hybridized carbons (Fsp3) is 0.615. The molecule has 0 aliphatic heterocycles. The third-order valence-corrected chi connectivity index (χ3v) is 3.38. The van der Waals surface area contributed by atoms with Gasteiger partial charge in [0.1, 0.15) is 5.82 Å². The summed E-state index contributed by atoms with van der Waals surface area (Å²) in [4.78, 5) is 4.58. The minimum atomic E-state index is 0.564. The number of aryl methyl sites for hydroxylation is 2. The first-order valence-corrected chi connectivity index (χ1v) is 6.14. The molecule has 1 aliphatic rings. The Morgan fingerprint density at radius 1 is 1.38 bits per heavy atom. The first-order chi connectivity index (χ1) is 7.70. The summed E-state index contributed by atoms with van der Waals surface area (Å²) in [7, 11) is 0. The molecule has 1 aromatic heterocycles. The maximum absolute atomic E-state index is 5.80. The second-order valence-corrected chi connectivity index (χ2v) is 4.74. The van der Waals surface area contributed by atoms with Crippen LogP contribution < -0.4 is 11.1 Å². The smallest absolute Gasteiger partial charge is 0.131 e. The monoisotopic (exact) mass is 219 g/mol. The van der Waals surface area contributed by atoms with Crippen LogP contribution in [0.3, 0.4) is 0 Å². The first kappa shape index (κ1) is 11.4. The van der Waals surface area contributed by atoms with Gasteiger partial charge < -0.3 is 11.1 Å². The number of pyridine rings is 1. The van der Waals surface area contributed by atoms with Crippen molar-refractivity contribution in [3.63, 3.8) is 0 Å². The van der Waals surface area contributed by atoms with Crippen LogP contribution in [-0.2, 0) is 6.54 Å². The summed E-state index contributed by atoms with van der Waals surface area (Å²) >= 11 is 0. The summed E-state index contributed by atoms with van der Waals surface area (Å²) < 4.78 is 0. The van der Waals surface area contributed by atoms with Gasteiger partial charge in [0.05, 0.1) is 0 Å². The van der Waals surface area contributed by atoms with Crippen molar-refractivity contribution in [2.24, 2.45) is 5.73 Å². The Labute approximate surface area is 97.5 Å². The van der Waals surface area contributed by atoms with Crippen molar-refractivity contribution in [2.45, 2.75) is 52.1 Å². The zero-order valence-electron chi connectivity index (χ0n) is 10.2. The molecule has 3 N–H and O–H groups in total. The second kappa shape index (κ2) is 4.83. The Morgan fingerprint density at radius 2 is 2.06 bits per heavy atom. The molecule has 0 atom stereocenters. The lowest BCUT2D eigenvalue weighted by Crippen LogP contribution is -2.18. The molecular formula is C13H21N3. The molecule has 88 valence electrons. The van der Waals surface area contributed by atoms with Gasteiger partial charge in [-0.15, -0.1) is 0 Å². The summed E-state index contributed by atoms with van der Waals surface area (Å²) in [5, 5.41) is 3.55. The molecule has 1 aromatic rings. The lowest BCUT2D eigenvalue weighted by molar-refractivity contribution is 0.746. The van der Waals surface area contributed by atoms with Gasteiger partial charge in [0, 0.05) is 23.8 Å². The molecule has 1 aliphatic carbocycles. The molecule has 0 radical (unpaired) electrons. The summed E-state index contributed by atoms with van der Waals surface area (Å²) in [6, 6.07) is 2.70. The van der Waals surface area contributed by atoms with Crippen molar-refractivity contribution < 1.29 is 0 Å². The SMILES string of the molecule is Cc1cc(C)c(CN)c(NC2CCCC2)n1. The fourth-order valence-corrected chi connectivity index (χ4v) is 2.50. The Balaban J connectivity index is 2.23. The van der Waals surface area contributed by atoms with E-state index < -0.39 is 0 Å². The van der Waals surface area contributed by atoms with Gasteiger partial charge in [-0.05, 0) is 38.3 Å². The van der Waals surface area contributed by atoms with Crippen molar-refractivity contribution in [3.8, 4) is 0 Å². The molecular weight excluding hydrogens is 198 g/mol. The van der Waals surface area contributed by atoms with Gasteiger partial charge in [-0.2, -0.15) is 0 Å². The molecule has 1 saturated carbocycles. The minimum Gasteiger partial charge on any atom is -0.367 e. The predicted molar refractivity (Wildman–Crippen MR) is 67.5 cm³/mol. The second-order valence-electron chi connectivity index (χ2n) is 4.74. The summed E-state index contributed by atoms with van der Waals surface area (Å²) in [5.74, 6) is 1.01. The van der Waals surface area contributed by atoms with E-state index in [1.54, 1.807) is 0 Å². The molecule has 0 aromatic carbocycles. The molecule has 16 heavy (non-hydrogen) atoms. The van der Waals surface area contributed by atoms with Crippen LogP contribution in [0.4, 0.5) is 5.82 Å². The maximum atomic E-state index is 5.80. The van der Waals surface area contributed by atoms with Gasteiger partial charge in [0.25, 0.3) is 0 Å². The van der Waals surface area contributed by atoms with E-state index in [0.29, 0.717) is 12.6 Å². The van der Waals surface area contributed by atoms with E-state index in [9.17, 15) is 0 Å². The van der Waals surface area contributed by atoms with E-state index in [1.807, 2.05) is 6.92 Å². The summed E-state index contributed by atoms with van der Waals surface area (Å²) in [6.45, 7) is 4.71. The van der Waals surface area contributed by atoms with E-state index in [4.69, 9.17) is 5.73 Å². The van der Waals surface area contributed by atoms with Gasteiger partial charge >= 0.3 is 0 Å². The largest absolute Gasteiger partial charge is 0.367 e. The van der Waals surface area contributed by atoms with Crippen molar-refractivity contribution in [1.82, 2.24) is 4.98 Å². The van der Waals surface area contributed by atoms with Crippen LogP contribution >= 0.6 is 0 Å². The van der Waals surface area contributed by atoms with Crippen LogP contribution in [0.25, 0.3) is 0 Å². The Morgan fingerprint density at radius 3 is 2.69 bits per heavy atom. The van der Waals surface area contributed by atoms with E-state index in [2.05, 4.69) is 23.3 Å². The topological polar surface area (TPSA) is 50.9 Å². The lowest BCUT2D eigenvalue weighted by atomic mass is 10.1. The first-order valence-electron chi connectivity index (χ1n) is 6.14. The quantitative estimate of drug-likeness (QED) is 0.821. The van der Waals surface area contributed by atoms with Crippen LogP contribution in [-0.4, -0.2) is 11.0 Å². The molecule has 0 saturated heterocycles. The molecule has 0 unspecified atom stereocenters. The standard InChI is InChI=1S/C13H21N3/c1-9-7-10(2)15-13(12(9)8-14)16-11-5-3-4-6-11/h7,11H,3-6,8,14H2,1-2H3,(H,15,16). The number of nitrogens with one attached hydrogen (secondary N) is 1. The van der Waals surface area contributed by atoms with E-state index in [1.165, 1.54) is 31.2 Å². The van der Waals surface area contributed by atoms with Crippen molar-refractivity contribution in [3.05, 3.63) is 22.9 Å². The minimum absolute atomic E-state index is 0.564. The number of nitrogens with zero attached hydrogens (tertiary/aromatic N) is 1. The van der Waals surface area contributed by atoms with Crippen molar-refractivity contribution in [2.75, 3.05) is 5.32 Å². The van der Waals surface area contributed by atoms with Crippen LogP contribution in [0.2, 0.25) is 0 Å². The summed E-state index contributed by atoms with van der Waals surface area (Å²) in [6.07, 6.45) is 5.19. The number of hydrogen-bond acceptors (Lipinski definition) is 3. The highest BCUT2D eigenvalue weighted by Gasteiger charge is 2.17. The van der Waals surface area contributed by atoms with Crippen LogP contribution in [0.15, 0.2) is 6.07 Å². The third kappa shape index (κ3) is 2.35. The molecule has 1 heterocycles. The van der Waals surface area contributed by atoms with Crippen LogP contribution in [0.1, 0.15) is 42.5 Å². The molecule has 1 fully saturated rings. The fourth-order valence-electron chi connectivity index (χ4n) is 2.50. The Kier molecular flexibility index (Phi) is 3.44. The lowest BCUT2D eigenvalue weighted by Gasteiger charge is -2.17. The summed E-state index contributed by atoms with van der Waals surface area (Å²) in [5.41, 5.74) is 9.27. The van der Waals surface area contributed by atoms with E-state index in [0.717, 1.165) is 17.1 Å². The molecule has 3 heteroatoms. The van der Waals surface area contributed by atoms with Gasteiger partial charge in [0.2, 0.25) is 0 Å². The molecule has 2 rings (SSSR count). The van der Waals surface area contributed by atoms with Crippen LogP contribution in [0.5, 0.6) is 0 Å². The zero-order valence-corrected chi connectivity index (χ0v) is 10.2. The normalized spacial score (nSPS) is 16.7. The maximum Gasteiger partial charge on any atom is 0.131 e. The van der Waals surface area contributed by atoms with Gasteiger partial charge in [0.15, 0.2) is 0 Å². The van der Waals surface area contributed by atoms with Crippen molar-refractivity contribution in [1.29, 1.82) is 0 Å². The molecule has 0 spiro atoms. The number of rotatable bonds is 3.